The molecular formula is C19H22FNO3S. The standard InChI is InChI=1S/C19H22FNO3S/c1-25(22,23)24-19(17-11-6-12-21-17)18(14-7-3-2-4-8-14)15-9-5-10-16(20)13-15/h2-5,7-10,13,17-19,21H,6,11-12H2,1H3. The Labute approximate surface area is 148 Å². The van der Waals surface area contributed by atoms with Crippen LogP contribution in [0.4, 0.5) is 4.39 Å². The van der Waals surface area contributed by atoms with E-state index in [0.717, 1.165) is 31.2 Å². The highest BCUT2D eigenvalue weighted by atomic mass is 32.2. The summed E-state index contributed by atoms with van der Waals surface area (Å²) in [6.07, 6.45) is 2.20. The zero-order valence-corrected chi connectivity index (χ0v) is 14.9. The zero-order valence-electron chi connectivity index (χ0n) is 14.1. The predicted molar refractivity (Wildman–Crippen MR) is 95.4 cm³/mol. The maximum absolute atomic E-state index is 13.8. The molecule has 1 heterocycles. The Morgan fingerprint density at radius 1 is 1.12 bits per heavy atom. The Morgan fingerprint density at radius 3 is 2.44 bits per heavy atom. The fourth-order valence-corrected chi connectivity index (χ4v) is 4.13. The second-order valence-electron chi connectivity index (χ2n) is 6.41. The SMILES string of the molecule is CS(=O)(=O)OC(C1CCCN1)C(c1ccccc1)c1cccc(F)c1. The first-order valence-electron chi connectivity index (χ1n) is 8.36. The fraction of sp³-hybridized carbons (Fsp3) is 0.368. The van der Waals surface area contributed by atoms with E-state index >= 15 is 0 Å². The molecule has 1 fully saturated rings. The molecule has 0 spiro atoms. The van der Waals surface area contributed by atoms with Crippen LogP contribution in [0.15, 0.2) is 54.6 Å². The summed E-state index contributed by atoms with van der Waals surface area (Å²) in [4.78, 5) is 0. The summed E-state index contributed by atoms with van der Waals surface area (Å²) in [6.45, 7) is 0.818. The lowest BCUT2D eigenvalue weighted by molar-refractivity contribution is 0.153. The Kier molecular flexibility index (Phi) is 5.51. The van der Waals surface area contributed by atoms with Gasteiger partial charge in [0, 0.05) is 12.0 Å². The molecule has 1 aliphatic heterocycles. The quantitative estimate of drug-likeness (QED) is 0.802. The van der Waals surface area contributed by atoms with Crippen molar-refractivity contribution in [3.05, 3.63) is 71.5 Å². The maximum Gasteiger partial charge on any atom is 0.264 e. The molecule has 1 aliphatic rings. The van der Waals surface area contributed by atoms with Crippen molar-refractivity contribution < 1.29 is 17.0 Å². The molecule has 0 aliphatic carbocycles. The van der Waals surface area contributed by atoms with Crippen molar-refractivity contribution in [1.29, 1.82) is 0 Å². The number of hydrogen-bond acceptors (Lipinski definition) is 4. The van der Waals surface area contributed by atoms with Gasteiger partial charge in [-0.25, -0.2) is 4.39 Å². The molecule has 6 heteroatoms. The molecule has 0 bridgehead atoms. The van der Waals surface area contributed by atoms with Gasteiger partial charge >= 0.3 is 0 Å². The van der Waals surface area contributed by atoms with Gasteiger partial charge in [0.25, 0.3) is 10.1 Å². The smallest absolute Gasteiger partial charge is 0.264 e. The minimum atomic E-state index is -3.67. The Hall–Kier alpha value is -1.76. The van der Waals surface area contributed by atoms with Crippen molar-refractivity contribution in [1.82, 2.24) is 5.32 Å². The summed E-state index contributed by atoms with van der Waals surface area (Å²) in [5.41, 5.74) is 1.60. The minimum Gasteiger partial charge on any atom is -0.311 e. The Bertz CT molecular complexity index is 804. The summed E-state index contributed by atoms with van der Waals surface area (Å²) < 4.78 is 43.2. The Balaban J connectivity index is 2.09. The van der Waals surface area contributed by atoms with Crippen LogP contribution in [0.2, 0.25) is 0 Å². The average molecular weight is 363 g/mol. The van der Waals surface area contributed by atoms with Crippen LogP contribution in [0.1, 0.15) is 29.9 Å². The van der Waals surface area contributed by atoms with E-state index < -0.39 is 16.2 Å². The number of benzene rings is 2. The van der Waals surface area contributed by atoms with Gasteiger partial charge < -0.3 is 5.32 Å². The number of nitrogens with one attached hydrogen (secondary N) is 1. The van der Waals surface area contributed by atoms with E-state index in [1.807, 2.05) is 36.4 Å². The molecular weight excluding hydrogens is 341 g/mol. The summed E-state index contributed by atoms with van der Waals surface area (Å²) in [5, 5.41) is 3.33. The monoisotopic (exact) mass is 363 g/mol. The first-order valence-corrected chi connectivity index (χ1v) is 10.2. The second kappa shape index (κ2) is 7.64. The largest absolute Gasteiger partial charge is 0.311 e. The number of halogens is 1. The van der Waals surface area contributed by atoms with Crippen molar-refractivity contribution in [2.75, 3.05) is 12.8 Å². The van der Waals surface area contributed by atoms with Crippen LogP contribution in [-0.4, -0.2) is 33.4 Å². The molecule has 0 aromatic heterocycles. The van der Waals surface area contributed by atoms with Gasteiger partial charge in [-0.05, 0) is 42.6 Å². The van der Waals surface area contributed by atoms with E-state index in [-0.39, 0.29) is 17.8 Å². The first kappa shape index (κ1) is 18.0. The van der Waals surface area contributed by atoms with Crippen LogP contribution in [-0.2, 0) is 14.3 Å². The lowest BCUT2D eigenvalue weighted by Crippen LogP contribution is -2.42. The van der Waals surface area contributed by atoms with E-state index in [9.17, 15) is 12.8 Å². The van der Waals surface area contributed by atoms with Crippen molar-refractivity contribution in [2.24, 2.45) is 0 Å². The van der Waals surface area contributed by atoms with Crippen LogP contribution in [0.5, 0.6) is 0 Å². The predicted octanol–water partition coefficient (Wildman–Crippen LogP) is 3.05. The molecule has 134 valence electrons. The van der Waals surface area contributed by atoms with Crippen molar-refractivity contribution in [2.45, 2.75) is 30.9 Å². The third kappa shape index (κ3) is 4.66. The lowest BCUT2D eigenvalue weighted by atomic mass is 9.83. The molecule has 4 nitrogen and oxygen atoms in total. The van der Waals surface area contributed by atoms with Gasteiger partial charge in [-0.1, -0.05) is 42.5 Å². The first-order chi connectivity index (χ1) is 11.9. The molecule has 0 amide bonds. The zero-order chi connectivity index (χ0) is 17.9. The summed E-state index contributed by atoms with van der Waals surface area (Å²) in [6, 6.07) is 15.7. The van der Waals surface area contributed by atoms with Crippen molar-refractivity contribution >= 4 is 10.1 Å². The summed E-state index contributed by atoms with van der Waals surface area (Å²) >= 11 is 0. The highest BCUT2D eigenvalue weighted by molar-refractivity contribution is 7.86. The maximum atomic E-state index is 13.8. The van der Waals surface area contributed by atoms with E-state index in [1.54, 1.807) is 6.07 Å². The van der Waals surface area contributed by atoms with Gasteiger partial charge in [0.05, 0.1) is 6.26 Å². The molecule has 3 rings (SSSR count). The van der Waals surface area contributed by atoms with Crippen LogP contribution < -0.4 is 5.32 Å². The third-order valence-electron chi connectivity index (χ3n) is 4.48. The molecule has 3 atom stereocenters. The summed E-state index contributed by atoms with van der Waals surface area (Å²) in [7, 11) is -3.67. The third-order valence-corrected chi connectivity index (χ3v) is 5.05. The molecule has 1 saturated heterocycles. The van der Waals surface area contributed by atoms with E-state index in [1.165, 1.54) is 12.1 Å². The molecule has 2 aromatic rings. The molecule has 1 N–H and O–H groups in total. The lowest BCUT2D eigenvalue weighted by Gasteiger charge is -2.31. The summed E-state index contributed by atoms with van der Waals surface area (Å²) in [5.74, 6) is -0.738. The molecule has 2 aromatic carbocycles. The fourth-order valence-electron chi connectivity index (χ4n) is 3.48. The average Bonchev–Trinajstić information content (AvgIpc) is 3.08. The number of rotatable bonds is 6. The topological polar surface area (TPSA) is 55.4 Å². The number of hydrogen-bond donors (Lipinski definition) is 1. The second-order valence-corrected chi connectivity index (χ2v) is 8.01. The van der Waals surface area contributed by atoms with E-state index in [0.29, 0.717) is 5.56 Å². The molecule has 3 unspecified atom stereocenters. The van der Waals surface area contributed by atoms with Gasteiger partial charge in [-0.3, -0.25) is 4.18 Å². The molecule has 25 heavy (non-hydrogen) atoms. The van der Waals surface area contributed by atoms with Gasteiger partial charge in [-0.2, -0.15) is 8.42 Å². The van der Waals surface area contributed by atoms with Crippen LogP contribution in [0.25, 0.3) is 0 Å². The molecule has 0 radical (unpaired) electrons. The van der Waals surface area contributed by atoms with E-state index in [2.05, 4.69) is 5.32 Å². The Morgan fingerprint density at radius 2 is 1.84 bits per heavy atom. The normalized spacial score (nSPS) is 20.3. The highest BCUT2D eigenvalue weighted by Gasteiger charge is 2.36. The van der Waals surface area contributed by atoms with Gasteiger partial charge in [0.1, 0.15) is 11.9 Å². The molecule has 0 saturated carbocycles. The van der Waals surface area contributed by atoms with Crippen LogP contribution in [0.3, 0.4) is 0 Å². The van der Waals surface area contributed by atoms with Gasteiger partial charge in [0.15, 0.2) is 0 Å². The van der Waals surface area contributed by atoms with Crippen molar-refractivity contribution in [3.8, 4) is 0 Å². The van der Waals surface area contributed by atoms with E-state index in [4.69, 9.17) is 4.18 Å². The van der Waals surface area contributed by atoms with Gasteiger partial charge in [0.2, 0.25) is 0 Å². The van der Waals surface area contributed by atoms with Crippen molar-refractivity contribution in [3.63, 3.8) is 0 Å². The van der Waals surface area contributed by atoms with Gasteiger partial charge in [-0.15, -0.1) is 0 Å². The van der Waals surface area contributed by atoms with Crippen LogP contribution >= 0.6 is 0 Å². The van der Waals surface area contributed by atoms with Crippen LogP contribution in [0, 0.1) is 5.82 Å². The highest BCUT2D eigenvalue weighted by Crippen LogP contribution is 2.34. The minimum absolute atomic E-state index is 0.108.